The van der Waals surface area contributed by atoms with E-state index < -0.39 is 6.04 Å². The monoisotopic (exact) mass is 424 g/mol. The number of carbonyl (C=O) groups excluding carboxylic acids is 1. The highest BCUT2D eigenvalue weighted by Gasteiger charge is 2.42. The van der Waals surface area contributed by atoms with Crippen molar-refractivity contribution in [3.8, 4) is 0 Å². The normalized spacial score (nSPS) is 19.4. The molecule has 1 saturated heterocycles. The molecule has 2 aliphatic rings. The van der Waals surface area contributed by atoms with Gasteiger partial charge in [-0.15, -0.1) is 0 Å². The highest BCUT2D eigenvalue weighted by molar-refractivity contribution is 6.31. The van der Waals surface area contributed by atoms with Crippen LogP contribution < -0.4 is 5.43 Å². The van der Waals surface area contributed by atoms with Gasteiger partial charge in [-0.1, -0.05) is 41.9 Å². The second kappa shape index (κ2) is 7.87. The van der Waals surface area contributed by atoms with Crippen LogP contribution in [-0.2, 0) is 4.74 Å². The molecule has 0 N–H and O–H groups in total. The Balaban J connectivity index is 1.60. The van der Waals surface area contributed by atoms with Gasteiger partial charge in [-0.25, -0.2) is 0 Å². The van der Waals surface area contributed by atoms with Crippen LogP contribution in [0.15, 0.2) is 57.7 Å². The first kappa shape index (κ1) is 19.3. The molecule has 3 aromatic rings. The first-order valence-corrected chi connectivity index (χ1v) is 10.4. The van der Waals surface area contributed by atoms with E-state index in [0.29, 0.717) is 47.9 Å². The lowest BCUT2D eigenvalue weighted by Crippen LogP contribution is -2.42. The Morgan fingerprint density at radius 1 is 1.00 bits per heavy atom. The Bertz CT molecular complexity index is 1160. The van der Waals surface area contributed by atoms with Crippen LogP contribution >= 0.6 is 11.6 Å². The summed E-state index contributed by atoms with van der Waals surface area (Å²) < 4.78 is 11.4. The molecule has 30 heavy (non-hydrogen) atoms. The van der Waals surface area contributed by atoms with Crippen molar-refractivity contribution in [2.24, 2.45) is 0 Å². The summed E-state index contributed by atoms with van der Waals surface area (Å²) in [6.45, 7) is 4.28. The second-order valence-corrected chi connectivity index (χ2v) is 8.02. The zero-order chi connectivity index (χ0) is 20.7. The van der Waals surface area contributed by atoms with Gasteiger partial charge in [0.15, 0.2) is 5.43 Å². The standard InChI is InChI=1S/C23H21ClN2O4/c24-16-6-7-18-17(14-16)21(27)19-20(15-4-2-1-3-5-15)26(23(28)22(19)30-18)9-8-25-10-12-29-13-11-25/h1-7,14,20H,8-13H2/t20-/m1/s1. The third kappa shape index (κ3) is 3.31. The molecule has 0 radical (unpaired) electrons. The van der Waals surface area contributed by atoms with E-state index in [2.05, 4.69) is 4.90 Å². The number of hydrogen-bond acceptors (Lipinski definition) is 5. The van der Waals surface area contributed by atoms with Crippen molar-refractivity contribution in [3.05, 3.63) is 80.7 Å². The van der Waals surface area contributed by atoms with Crippen molar-refractivity contribution in [1.29, 1.82) is 0 Å². The second-order valence-electron chi connectivity index (χ2n) is 7.58. The van der Waals surface area contributed by atoms with Crippen LogP contribution in [0.3, 0.4) is 0 Å². The molecule has 2 aliphatic heterocycles. The molecule has 5 rings (SSSR count). The summed E-state index contributed by atoms with van der Waals surface area (Å²) >= 11 is 6.11. The van der Waals surface area contributed by atoms with Gasteiger partial charge in [-0.05, 0) is 23.8 Å². The maximum absolute atomic E-state index is 13.4. The van der Waals surface area contributed by atoms with Crippen LogP contribution in [0.1, 0.15) is 27.7 Å². The van der Waals surface area contributed by atoms with Crippen molar-refractivity contribution in [1.82, 2.24) is 9.80 Å². The predicted molar refractivity (Wildman–Crippen MR) is 114 cm³/mol. The lowest BCUT2D eigenvalue weighted by molar-refractivity contribution is 0.0314. The summed E-state index contributed by atoms with van der Waals surface area (Å²) in [5, 5.41) is 0.851. The van der Waals surface area contributed by atoms with Gasteiger partial charge in [-0.2, -0.15) is 0 Å². The molecule has 154 valence electrons. The topological polar surface area (TPSA) is 63.0 Å². The number of amides is 1. The highest BCUT2D eigenvalue weighted by atomic mass is 35.5. The molecule has 0 bridgehead atoms. The molecule has 6 nitrogen and oxygen atoms in total. The molecular formula is C23H21ClN2O4. The lowest BCUT2D eigenvalue weighted by Gasteiger charge is -2.31. The van der Waals surface area contributed by atoms with Crippen molar-refractivity contribution in [2.75, 3.05) is 39.4 Å². The summed E-state index contributed by atoms with van der Waals surface area (Å²) in [6.07, 6.45) is 0. The summed E-state index contributed by atoms with van der Waals surface area (Å²) in [5.74, 6) is -0.119. The minimum absolute atomic E-state index is 0.130. The average Bonchev–Trinajstić information content (AvgIpc) is 3.06. The fraction of sp³-hybridized carbons (Fsp3) is 0.304. The molecule has 2 aromatic carbocycles. The molecule has 1 fully saturated rings. The first-order valence-electron chi connectivity index (χ1n) is 10.1. The average molecular weight is 425 g/mol. The molecule has 0 unspecified atom stereocenters. The Labute approximate surface area is 178 Å². The van der Waals surface area contributed by atoms with E-state index in [1.54, 1.807) is 23.1 Å². The molecule has 1 aromatic heterocycles. The van der Waals surface area contributed by atoms with Crippen molar-refractivity contribution in [2.45, 2.75) is 6.04 Å². The molecule has 0 spiro atoms. The Morgan fingerprint density at radius 2 is 1.77 bits per heavy atom. The van der Waals surface area contributed by atoms with Crippen molar-refractivity contribution in [3.63, 3.8) is 0 Å². The maximum Gasteiger partial charge on any atom is 0.290 e. The number of fused-ring (bicyclic) bond motifs is 2. The van der Waals surface area contributed by atoms with E-state index in [1.165, 1.54) is 0 Å². The van der Waals surface area contributed by atoms with Crippen LogP contribution in [0.5, 0.6) is 0 Å². The highest BCUT2D eigenvalue weighted by Crippen LogP contribution is 2.38. The fourth-order valence-corrected chi connectivity index (χ4v) is 4.45. The minimum atomic E-state index is -0.477. The molecule has 1 amide bonds. The largest absolute Gasteiger partial charge is 0.450 e. The number of ether oxygens (including phenoxy) is 1. The van der Waals surface area contributed by atoms with Gasteiger partial charge in [0.2, 0.25) is 5.76 Å². The summed E-state index contributed by atoms with van der Waals surface area (Å²) in [4.78, 5) is 30.8. The van der Waals surface area contributed by atoms with Gasteiger partial charge in [0, 0.05) is 31.2 Å². The summed E-state index contributed by atoms with van der Waals surface area (Å²) in [5.41, 5.74) is 1.45. The van der Waals surface area contributed by atoms with E-state index in [4.69, 9.17) is 20.8 Å². The number of halogens is 1. The molecular weight excluding hydrogens is 404 g/mol. The van der Waals surface area contributed by atoms with E-state index in [-0.39, 0.29) is 17.1 Å². The first-order chi connectivity index (χ1) is 14.6. The van der Waals surface area contributed by atoms with Gasteiger partial charge in [0.1, 0.15) is 5.58 Å². The molecule has 0 saturated carbocycles. The molecule has 0 aliphatic carbocycles. The lowest BCUT2D eigenvalue weighted by atomic mass is 9.98. The van der Waals surface area contributed by atoms with Crippen molar-refractivity contribution < 1.29 is 13.9 Å². The van der Waals surface area contributed by atoms with Crippen molar-refractivity contribution >= 4 is 28.5 Å². The van der Waals surface area contributed by atoms with Crippen LogP contribution in [0.2, 0.25) is 5.02 Å². The number of nitrogens with zero attached hydrogens (tertiary/aromatic N) is 2. The van der Waals surface area contributed by atoms with Crippen LogP contribution in [-0.4, -0.2) is 55.1 Å². The number of benzene rings is 2. The van der Waals surface area contributed by atoms with Gasteiger partial charge in [0.25, 0.3) is 5.91 Å². The quantitative estimate of drug-likeness (QED) is 0.643. The SMILES string of the molecule is O=C1c2oc3ccc(Cl)cc3c(=O)c2[C@@H](c2ccccc2)N1CCN1CCOCC1. The Kier molecular flexibility index (Phi) is 5.06. The van der Waals surface area contributed by atoms with Gasteiger partial charge < -0.3 is 14.1 Å². The third-order valence-electron chi connectivity index (χ3n) is 5.80. The number of morpholine rings is 1. The zero-order valence-electron chi connectivity index (χ0n) is 16.3. The summed E-state index contributed by atoms with van der Waals surface area (Å²) in [6, 6.07) is 14.1. The predicted octanol–water partition coefficient (Wildman–Crippen LogP) is 3.32. The minimum Gasteiger partial charge on any atom is -0.450 e. The zero-order valence-corrected chi connectivity index (χ0v) is 17.1. The number of carbonyl (C=O) groups is 1. The van der Waals surface area contributed by atoms with Gasteiger partial charge >= 0.3 is 0 Å². The fourth-order valence-electron chi connectivity index (χ4n) is 4.28. The number of rotatable bonds is 4. The molecule has 3 heterocycles. The van der Waals surface area contributed by atoms with Crippen LogP contribution in [0.4, 0.5) is 0 Å². The van der Waals surface area contributed by atoms with E-state index >= 15 is 0 Å². The molecule has 7 heteroatoms. The van der Waals surface area contributed by atoms with E-state index in [0.717, 1.165) is 18.7 Å². The molecule has 1 atom stereocenters. The van der Waals surface area contributed by atoms with Gasteiger partial charge in [-0.3, -0.25) is 14.5 Å². The Hall–Kier alpha value is -2.67. The van der Waals surface area contributed by atoms with Crippen LogP contribution in [0, 0.1) is 0 Å². The maximum atomic E-state index is 13.4. The van der Waals surface area contributed by atoms with E-state index in [9.17, 15) is 9.59 Å². The van der Waals surface area contributed by atoms with E-state index in [1.807, 2.05) is 30.3 Å². The summed E-state index contributed by atoms with van der Waals surface area (Å²) in [7, 11) is 0. The Morgan fingerprint density at radius 3 is 2.53 bits per heavy atom. The third-order valence-corrected chi connectivity index (χ3v) is 6.04. The smallest absolute Gasteiger partial charge is 0.290 e. The number of hydrogen-bond donors (Lipinski definition) is 0. The van der Waals surface area contributed by atoms with Crippen LogP contribution in [0.25, 0.3) is 11.0 Å². The van der Waals surface area contributed by atoms with Gasteiger partial charge in [0.05, 0.1) is 30.2 Å².